The maximum atomic E-state index is 4.01. The summed E-state index contributed by atoms with van der Waals surface area (Å²) in [7, 11) is 4.14. The summed E-state index contributed by atoms with van der Waals surface area (Å²) in [6.07, 6.45) is 2.00. The third-order valence-corrected chi connectivity index (χ3v) is 1.17. The summed E-state index contributed by atoms with van der Waals surface area (Å²) in [5.41, 5.74) is 0. The molecule has 0 rings (SSSR count). The number of rotatable bonds is 0. The van der Waals surface area contributed by atoms with E-state index in [-0.39, 0.29) is 9.87 Å². The van der Waals surface area contributed by atoms with Gasteiger partial charge in [0.2, 0.25) is 0 Å². The Balaban J connectivity index is 3.36. The van der Waals surface area contributed by atoms with E-state index in [1.54, 1.807) is 0 Å². The first-order valence-electron chi connectivity index (χ1n) is 1.23. The van der Waals surface area contributed by atoms with Crippen LogP contribution in [0, 0.1) is 0 Å². The molecule has 0 aliphatic heterocycles. The van der Waals surface area contributed by atoms with Crippen LogP contribution in [-0.2, 0) is 9.87 Å². The van der Waals surface area contributed by atoms with Gasteiger partial charge in [0.15, 0.2) is 0 Å². The number of hydrogen-bond donors (Lipinski definition) is 0. The normalized spacial score (nSPS) is 8.20. The molecule has 0 aromatic heterocycles. The molecule has 0 bridgehead atoms. The van der Waals surface area contributed by atoms with Crippen molar-refractivity contribution in [3.8, 4) is 0 Å². The van der Waals surface area contributed by atoms with Crippen LogP contribution >= 0.6 is 7.81 Å². The molecule has 0 heterocycles. The van der Waals surface area contributed by atoms with Crippen molar-refractivity contribution >= 4 is 17.7 Å². The summed E-state index contributed by atoms with van der Waals surface area (Å²) < 4.78 is 0. The molecule has 0 fully saturated rings. The Morgan fingerprint density at radius 1 is 2.00 bits per heavy atom. The van der Waals surface area contributed by atoms with E-state index >= 15 is 0 Å². The van der Waals surface area contributed by atoms with E-state index < -0.39 is 0 Å². The Kier molecular flexibility index (Phi) is 3.03. The Hall–Kier alpha value is 0.520. The fourth-order valence-electron chi connectivity index (χ4n) is 0. The van der Waals surface area contributed by atoms with Crippen molar-refractivity contribution < 1.29 is 0 Å². The molecule has 0 atom stereocenters. The van der Waals surface area contributed by atoms with Gasteiger partial charge in [0.1, 0.15) is 0 Å². The van der Waals surface area contributed by atoms with Crippen LogP contribution in [0.2, 0.25) is 0 Å². The van der Waals surface area contributed by atoms with Crippen LogP contribution in [-0.4, -0.2) is 6.26 Å². The molecule has 0 saturated carbocycles. The van der Waals surface area contributed by atoms with Gasteiger partial charge in [-0.3, -0.25) is 0 Å². The SMILES string of the molecule is C=C[S-](C)#P. The molecule has 2 heteroatoms. The van der Waals surface area contributed by atoms with E-state index in [1.165, 1.54) is 0 Å². The van der Waals surface area contributed by atoms with Gasteiger partial charge in [-0.2, -0.15) is 0 Å². The first-order chi connectivity index (χ1) is 2.27. The molecule has 0 amide bonds. The summed E-state index contributed by atoms with van der Waals surface area (Å²) in [5, 5.41) is 1.81. The molecule has 5 heavy (non-hydrogen) atoms. The summed E-state index contributed by atoms with van der Waals surface area (Å²) in [4.78, 5) is 0. The number of hydrogen-bond acceptors (Lipinski definition) is 1. The molecule has 0 N–H and O–H groups in total. The second-order valence-corrected chi connectivity index (χ2v) is 3.80. The molecular formula is C3H6PS-. The first kappa shape index (κ1) is 5.52. The average Bonchev–Trinajstić information content (AvgIpc) is 1.38. The van der Waals surface area contributed by atoms with Crippen molar-refractivity contribution in [3.05, 3.63) is 12.0 Å². The maximum absolute atomic E-state index is 4.01. The van der Waals surface area contributed by atoms with E-state index in [9.17, 15) is 0 Å². The molecule has 30 valence electrons. The van der Waals surface area contributed by atoms with E-state index in [1.807, 2.05) is 11.7 Å². The minimum absolute atomic E-state index is 0.136. The summed E-state index contributed by atoms with van der Waals surface area (Å²) in [6.45, 7) is 3.50. The molecule has 0 aliphatic rings. The zero-order chi connectivity index (χ0) is 4.28. The second-order valence-electron chi connectivity index (χ2n) is 0.690. The topological polar surface area (TPSA) is 0 Å². The van der Waals surface area contributed by atoms with Crippen LogP contribution in [0.1, 0.15) is 0 Å². The average molecular weight is 105 g/mol. The summed E-state index contributed by atoms with van der Waals surface area (Å²) in [5.74, 6) is 0. The van der Waals surface area contributed by atoms with Crippen LogP contribution in [0.5, 0.6) is 0 Å². The predicted octanol–water partition coefficient (Wildman–Crippen LogP) is 1.70. The van der Waals surface area contributed by atoms with Crippen molar-refractivity contribution in [2.24, 2.45) is 0 Å². The van der Waals surface area contributed by atoms with Crippen molar-refractivity contribution in [1.82, 2.24) is 0 Å². The van der Waals surface area contributed by atoms with E-state index in [0.29, 0.717) is 0 Å². The van der Waals surface area contributed by atoms with Crippen molar-refractivity contribution in [2.75, 3.05) is 6.26 Å². The zero-order valence-corrected chi connectivity index (χ0v) is 4.85. The van der Waals surface area contributed by atoms with Gasteiger partial charge >= 0.3 is 35.9 Å². The Morgan fingerprint density at radius 3 is 2.20 bits per heavy atom. The van der Waals surface area contributed by atoms with Gasteiger partial charge in [-0.15, -0.1) is 0 Å². The fourth-order valence-corrected chi connectivity index (χ4v) is 0. The van der Waals surface area contributed by atoms with Crippen molar-refractivity contribution in [3.63, 3.8) is 0 Å². The standard InChI is InChI=1S/C3H6PS/c1-3-5(2)4/h3H,1H2,2H3/q-1. The minimum atomic E-state index is 0.136. The Bertz CT molecular complexity index is 86.8. The van der Waals surface area contributed by atoms with Gasteiger partial charge < -0.3 is 0 Å². The van der Waals surface area contributed by atoms with Crippen molar-refractivity contribution in [1.29, 1.82) is 0 Å². The van der Waals surface area contributed by atoms with Crippen LogP contribution < -0.4 is 0 Å². The van der Waals surface area contributed by atoms with Gasteiger partial charge in [0, 0.05) is 0 Å². The molecule has 0 nitrogen and oxygen atoms in total. The summed E-state index contributed by atoms with van der Waals surface area (Å²) >= 11 is 0. The second kappa shape index (κ2) is 2.74. The molecule has 0 aromatic rings. The molecule has 0 saturated heterocycles. The van der Waals surface area contributed by atoms with Gasteiger partial charge in [0.05, 0.1) is 0 Å². The van der Waals surface area contributed by atoms with Crippen molar-refractivity contribution in [2.45, 2.75) is 0 Å². The monoisotopic (exact) mass is 105 g/mol. The third-order valence-electron chi connectivity index (χ3n) is 0.241. The van der Waals surface area contributed by atoms with Gasteiger partial charge in [-0.25, -0.2) is 0 Å². The molecule has 0 aromatic carbocycles. The van der Waals surface area contributed by atoms with E-state index in [4.69, 9.17) is 0 Å². The van der Waals surface area contributed by atoms with Gasteiger partial charge in [0.25, 0.3) is 0 Å². The Morgan fingerprint density at radius 2 is 2.20 bits per heavy atom. The Labute approximate surface area is 36.7 Å². The van der Waals surface area contributed by atoms with Gasteiger partial charge in [-0.1, -0.05) is 0 Å². The predicted molar refractivity (Wildman–Crippen MR) is 30.4 cm³/mol. The van der Waals surface area contributed by atoms with Gasteiger partial charge in [-0.05, 0) is 0 Å². The molecule has 0 radical (unpaired) electrons. The summed E-state index contributed by atoms with van der Waals surface area (Å²) in [6, 6.07) is 0. The van der Waals surface area contributed by atoms with Crippen LogP contribution in [0.4, 0.5) is 0 Å². The first-order valence-corrected chi connectivity index (χ1v) is 3.98. The molecule has 0 spiro atoms. The van der Waals surface area contributed by atoms with Crippen LogP contribution in [0.3, 0.4) is 0 Å². The van der Waals surface area contributed by atoms with E-state index in [2.05, 4.69) is 14.4 Å². The zero-order valence-electron chi connectivity index (χ0n) is 3.14. The molecule has 0 unspecified atom stereocenters. The van der Waals surface area contributed by atoms with E-state index in [0.717, 1.165) is 0 Å². The van der Waals surface area contributed by atoms with Crippen LogP contribution in [0.15, 0.2) is 12.0 Å². The molecule has 0 aliphatic carbocycles. The molecular weight excluding hydrogens is 99.1 g/mol. The fraction of sp³-hybridized carbons (Fsp3) is 0.333. The quantitative estimate of drug-likeness (QED) is 0.325. The third kappa shape index (κ3) is 4.52. The van der Waals surface area contributed by atoms with Crippen LogP contribution in [0.25, 0.3) is 0 Å².